The van der Waals surface area contributed by atoms with Gasteiger partial charge in [0.25, 0.3) is 5.91 Å². The van der Waals surface area contributed by atoms with Gasteiger partial charge >= 0.3 is 0 Å². The summed E-state index contributed by atoms with van der Waals surface area (Å²) in [7, 11) is 0. The Balaban J connectivity index is 1.65. The predicted molar refractivity (Wildman–Crippen MR) is 81.3 cm³/mol. The van der Waals surface area contributed by atoms with Crippen molar-refractivity contribution < 1.29 is 23.8 Å². The van der Waals surface area contributed by atoms with E-state index < -0.39 is 12.0 Å². The SMILES string of the molecule is O=C(NCC(O)c1ccc(F)cc1)c1cc(Cl)c2c(c1)OCO2. The Hall–Kier alpha value is -2.31. The van der Waals surface area contributed by atoms with Crippen molar-refractivity contribution in [2.24, 2.45) is 0 Å². The molecule has 2 N–H and O–H groups in total. The van der Waals surface area contributed by atoms with Gasteiger partial charge in [-0.05, 0) is 29.8 Å². The van der Waals surface area contributed by atoms with Crippen molar-refractivity contribution in [1.29, 1.82) is 0 Å². The number of aliphatic hydroxyl groups is 1. The second-order valence-corrected chi connectivity index (χ2v) is 5.38. The molecule has 120 valence electrons. The molecule has 3 rings (SSSR count). The molecule has 0 radical (unpaired) electrons. The van der Waals surface area contributed by atoms with Gasteiger partial charge in [0.05, 0.1) is 11.1 Å². The van der Waals surface area contributed by atoms with Crippen LogP contribution < -0.4 is 14.8 Å². The number of carbonyl (C=O) groups excluding carboxylic acids is 1. The number of amides is 1. The Morgan fingerprint density at radius 1 is 1.30 bits per heavy atom. The normalized spacial score (nSPS) is 13.7. The van der Waals surface area contributed by atoms with Crippen LogP contribution in [0.5, 0.6) is 11.5 Å². The number of nitrogens with one attached hydrogen (secondary N) is 1. The van der Waals surface area contributed by atoms with Crippen LogP contribution in [0.4, 0.5) is 4.39 Å². The molecule has 0 saturated heterocycles. The van der Waals surface area contributed by atoms with Crippen LogP contribution in [0.15, 0.2) is 36.4 Å². The lowest BCUT2D eigenvalue weighted by Gasteiger charge is -2.12. The van der Waals surface area contributed by atoms with E-state index in [0.29, 0.717) is 22.6 Å². The van der Waals surface area contributed by atoms with Gasteiger partial charge in [0.2, 0.25) is 6.79 Å². The molecule has 0 aliphatic carbocycles. The zero-order valence-electron chi connectivity index (χ0n) is 11.9. The van der Waals surface area contributed by atoms with Crippen LogP contribution in [0.25, 0.3) is 0 Å². The maximum absolute atomic E-state index is 12.8. The summed E-state index contributed by atoms with van der Waals surface area (Å²) in [5, 5.41) is 12.9. The van der Waals surface area contributed by atoms with Gasteiger partial charge < -0.3 is 19.9 Å². The number of ether oxygens (including phenoxy) is 2. The van der Waals surface area contributed by atoms with Crippen LogP contribution >= 0.6 is 11.6 Å². The molecule has 1 atom stereocenters. The highest BCUT2D eigenvalue weighted by molar-refractivity contribution is 6.32. The van der Waals surface area contributed by atoms with E-state index in [2.05, 4.69) is 5.32 Å². The molecule has 2 aromatic rings. The van der Waals surface area contributed by atoms with E-state index in [1.807, 2.05) is 0 Å². The molecule has 1 aliphatic heterocycles. The summed E-state index contributed by atoms with van der Waals surface area (Å²) in [6.07, 6.45) is -0.941. The summed E-state index contributed by atoms with van der Waals surface area (Å²) in [5.41, 5.74) is 0.806. The minimum atomic E-state index is -0.941. The smallest absolute Gasteiger partial charge is 0.251 e. The van der Waals surface area contributed by atoms with Crippen LogP contribution in [-0.2, 0) is 0 Å². The molecule has 7 heteroatoms. The standard InChI is InChI=1S/C16H13ClFNO4/c17-12-5-10(6-14-15(12)23-8-22-14)16(21)19-7-13(20)9-1-3-11(18)4-2-9/h1-6,13,20H,7-8H2,(H,19,21). The second-order valence-electron chi connectivity index (χ2n) is 4.97. The fourth-order valence-corrected chi connectivity index (χ4v) is 2.46. The number of fused-ring (bicyclic) bond motifs is 1. The van der Waals surface area contributed by atoms with Crippen molar-refractivity contribution in [3.8, 4) is 11.5 Å². The van der Waals surface area contributed by atoms with E-state index in [1.54, 1.807) is 0 Å². The molecule has 1 amide bonds. The molecule has 1 aliphatic rings. The Labute approximate surface area is 136 Å². The number of rotatable bonds is 4. The first-order valence-corrected chi connectivity index (χ1v) is 7.23. The molecule has 0 bridgehead atoms. The van der Waals surface area contributed by atoms with Gasteiger partial charge in [-0.25, -0.2) is 4.39 Å². The molecule has 2 aromatic carbocycles. The van der Waals surface area contributed by atoms with Gasteiger partial charge in [0.1, 0.15) is 5.82 Å². The van der Waals surface area contributed by atoms with E-state index in [-0.39, 0.29) is 24.2 Å². The molecule has 5 nitrogen and oxygen atoms in total. The monoisotopic (exact) mass is 337 g/mol. The topological polar surface area (TPSA) is 67.8 Å². The molecule has 0 aromatic heterocycles. The lowest BCUT2D eigenvalue weighted by atomic mass is 10.1. The number of hydrogen-bond acceptors (Lipinski definition) is 4. The molecule has 1 unspecified atom stereocenters. The molecule has 23 heavy (non-hydrogen) atoms. The van der Waals surface area contributed by atoms with Crippen LogP contribution in [-0.4, -0.2) is 24.4 Å². The van der Waals surface area contributed by atoms with Gasteiger partial charge in [0, 0.05) is 12.1 Å². The molecule has 1 heterocycles. The molecule has 0 saturated carbocycles. The highest BCUT2D eigenvalue weighted by Gasteiger charge is 2.21. The third-order valence-electron chi connectivity index (χ3n) is 3.40. The summed E-state index contributed by atoms with van der Waals surface area (Å²) >= 11 is 6.02. The first kappa shape index (κ1) is 15.6. The van der Waals surface area contributed by atoms with Crippen molar-refractivity contribution >= 4 is 17.5 Å². The molecule has 0 fully saturated rings. The van der Waals surface area contributed by atoms with E-state index in [4.69, 9.17) is 21.1 Å². The number of carbonyl (C=O) groups is 1. The summed E-state index contributed by atoms with van der Waals surface area (Å²) in [4.78, 5) is 12.1. The third kappa shape index (κ3) is 3.38. The molecule has 0 spiro atoms. The van der Waals surface area contributed by atoms with E-state index in [1.165, 1.54) is 36.4 Å². The van der Waals surface area contributed by atoms with Gasteiger partial charge in [0.15, 0.2) is 11.5 Å². The lowest BCUT2D eigenvalue weighted by Crippen LogP contribution is -2.28. The van der Waals surface area contributed by atoms with Crippen molar-refractivity contribution in [2.45, 2.75) is 6.10 Å². The van der Waals surface area contributed by atoms with Crippen LogP contribution in [0.3, 0.4) is 0 Å². The number of halogens is 2. The summed E-state index contributed by atoms with van der Waals surface area (Å²) < 4.78 is 23.2. The molecular weight excluding hydrogens is 325 g/mol. The number of aliphatic hydroxyl groups excluding tert-OH is 1. The largest absolute Gasteiger partial charge is 0.454 e. The van der Waals surface area contributed by atoms with E-state index in [0.717, 1.165) is 0 Å². The minimum absolute atomic E-state index is 0.0173. The average molecular weight is 338 g/mol. The first-order valence-electron chi connectivity index (χ1n) is 6.85. The molecular formula is C16H13ClFNO4. The Morgan fingerprint density at radius 2 is 2.04 bits per heavy atom. The summed E-state index contributed by atoms with van der Waals surface area (Å²) in [5.74, 6) is 0.0163. The fourth-order valence-electron chi connectivity index (χ4n) is 2.19. The quantitative estimate of drug-likeness (QED) is 0.900. The maximum Gasteiger partial charge on any atom is 0.251 e. The Kier molecular flexibility index (Phi) is 4.36. The van der Waals surface area contributed by atoms with Crippen molar-refractivity contribution in [1.82, 2.24) is 5.32 Å². The van der Waals surface area contributed by atoms with Crippen molar-refractivity contribution in [3.63, 3.8) is 0 Å². The van der Waals surface area contributed by atoms with Crippen molar-refractivity contribution in [2.75, 3.05) is 13.3 Å². The summed E-state index contributed by atoms with van der Waals surface area (Å²) in [6, 6.07) is 8.41. The zero-order valence-corrected chi connectivity index (χ0v) is 12.6. The van der Waals surface area contributed by atoms with Crippen LogP contribution in [0.2, 0.25) is 5.02 Å². The average Bonchev–Trinajstić information content (AvgIpc) is 3.02. The highest BCUT2D eigenvalue weighted by atomic mass is 35.5. The van der Waals surface area contributed by atoms with Gasteiger partial charge in [-0.1, -0.05) is 23.7 Å². The van der Waals surface area contributed by atoms with Gasteiger partial charge in [-0.2, -0.15) is 0 Å². The first-order chi connectivity index (χ1) is 11.0. The summed E-state index contributed by atoms with van der Waals surface area (Å²) in [6.45, 7) is 0.0416. The second kappa shape index (κ2) is 6.44. The van der Waals surface area contributed by atoms with Gasteiger partial charge in [-0.15, -0.1) is 0 Å². The highest BCUT2D eigenvalue weighted by Crippen LogP contribution is 2.39. The van der Waals surface area contributed by atoms with Crippen molar-refractivity contribution in [3.05, 3.63) is 58.4 Å². The van der Waals surface area contributed by atoms with Crippen LogP contribution in [0, 0.1) is 5.82 Å². The van der Waals surface area contributed by atoms with E-state index >= 15 is 0 Å². The predicted octanol–water partition coefficient (Wildman–Crippen LogP) is 2.67. The maximum atomic E-state index is 12.8. The van der Waals surface area contributed by atoms with Gasteiger partial charge in [-0.3, -0.25) is 4.79 Å². The Bertz CT molecular complexity index is 736. The Morgan fingerprint density at radius 3 is 2.78 bits per heavy atom. The third-order valence-corrected chi connectivity index (χ3v) is 3.68. The fraction of sp³-hybridized carbons (Fsp3) is 0.188. The minimum Gasteiger partial charge on any atom is -0.454 e. The zero-order chi connectivity index (χ0) is 16.4. The number of benzene rings is 2. The van der Waals surface area contributed by atoms with E-state index in [9.17, 15) is 14.3 Å². The number of hydrogen-bond donors (Lipinski definition) is 2. The lowest BCUT2D eigenvalue weighted by molar-refractivity contribution is 0.0916. The van der Waals surface area contributed by atoms with Crippen LogP contribution in [0.1, 0.15) is 22.0 Å².